The van der Waals surface area contributed by atoms with Gasteiger partial charge in [-0.05, 0) is 18.6 Å². The van der Waals surface area contributed by atoms with Gasteiger partial charge in [-0.25, -0.2) is 8.42 Å². The zero-order valence-electron chi connectivity index (χ0n) is 15.2. The van der Waals surface area contributed by atoms with E-state index in [4.69, 9.17) is 4.74 Å². The number of nitrogens with zero attached hydrogens (tertiary/aromatic N) is 3. The Kier molecular flexibility index (Phi) is 6.02. The van der Waals surface area contributed by atoms with Gasteiger partial charge in [-0.15, -0.1) is 0 Å². The predicted molar refractivity (Wildman–Crippen MR) is 105 cm³/mol. The van der Waals surface area contributed by atoms with Gasteiger partial charge < -0.3 is 4.74 Å². The lowest BCUT2D eigenvalue weighted by atomic mass is 10.2. The maximum absolute atomic E-state index is 13.0. The van der Waals surface area contributed by atoms with Gasteiger partial charge in [0, 0.05) is 25.2 Å². The van der Waals surface area contributed by atoms with Crippen LogP contribution in [-0.4, -0.2) is 50.2 Å². The molecule has 1 N–H and O–H groups in total. The van der Waals surface area contributed by atoms with Crippen molar-refractivity contribution in [3.8, 4) is 0 Å². The first-order valence-electron chi connectivity index (χ1n) is 8.60. The summed E-state index contributed by atoms with van der Waals surface area (Å²) in [6, 6.07) is 11.3. The fourth-order valence-corrected chi connectivity index (χ4v) is 4.25. The van der Waals surface area contributed by atoms with Crippen LogP contribution in [-0.2, 0) is 14.8 Å². The Morgan fingerprint density at radius 1 is 1.18 bits per heavy atom. The van der Waals surface area contributed by atoms with Gasteiger partial charge in [-0.2, -0.15) is 9.41 Å². The number of sulfonamides is 1. The van der Waals surface area contributed by atoms with Crippen molar-refractivity contribution in [2.75, 3.05) is 31.7 Å². The summed E-state index contributed by atoms with van der Waals surface area (Å²) in [5.41, 5.74) is 4.50. The van der Waals surface area contributed by atoms with Crippen LogP contribution in [0, 0.1) is 17.0 Å². The van der Waals surface area contributed by atoms with E-state index in [1.807, 2.05) is 31.2 Å². The third kappa shape index (κ3) is 4.53. The molecule has 0 atom stereocenters. The molecule has 0 saturated carbocycles. The summed E-state index contributed by atoms with van der Waals surface area (Å²) in [6.45, 7) is 2.91. The number of benzene rings is 2. The number of rotatable bonds is 6. The van der Waals surface area contributed by atoms with Crippen LogP contribution >= 0.6 is 0 Å². The number of nitro benzene ring substituents is 1. The minimum absolute atomic E-state index is 0.167. The molecule has 0 aliphatic carbocycles. The number of non-ortho nitro benzene ring substituents is 1. The second-order valence-electron chi connectivity index (χ2n) is 6.23. The Morgan fingerprint density at radius 2 is 1.86 bits per heavy atom. The number of anilines is 1. The summed E-state index contributed by atoms with van der Waals surface area (Å²) in [4.78, 5) is 10.3. The number of hydrogen-bond donors (Lipinski definition) is 1. The normalized spacial score (nSPS) is 15.6. The van der Waals surface area contributed by atoms with Crippen LogP contribution in [0.5, 0.6) is 0 Å². The second-order valence-corrected chi connectivity index (χ2v) is 8.14. The number of morpholine rings is 1. The second kappa shape index (κ2) is 8.46. The van der Waals surface area contributed by atoms with E-state index in [1.165, 1.54) is 16.4 Å². The van der Waals surface area contributed by atoms with Gasteiger partial charge in [0.2, 0.25) is 10.0 Å². The Hall–Kier alpha value is -2.82. The molecule has 1 saturated heterocycles. The summed E-state index contributed by atoms with van der Waals surface area (Å²) in [6.07, 6.45) is 1.55. The Bertz CT molecular complexity index is 984. The maximum Gasteiger partial charge on any atom is 0.270 e. The van der Waals surface area contributed by atoms with Crippen LogP contribution < -0.4 is 5.43 Å². The molecule has 10 heteroatoms. The molecule has 0 radical (unpaired) electrons. The van der Waals surface area contributed by atoms with E-state index >= 15 is 0 Å². The standard InChI is InChI=1S/C18H20N4O5S/c1-14-2-4-15(5-3-14)13-19-20-17-7-6-16(22(23)24)12-18(17)28(25,26)21-8-10-27-11-9-21/h2-7,12-13,20H,8-11H2,1H3/b19-13+. The van der Waals surface area contributed by atoms with Gasteiger partial charge >= 0.3 is 0 Å². The van der Waals surface area contributed by atoms with Crippen LogP contribution in [0.3, 0.4) is 0 Å². The molecule has 0 aromatic heterocycles. The minimum atomic E-state index is -3.94. The molecule has 1 fully saturated rings. The number of hydrazone groups is 1. The lowest BCUT2D eigenvalue weighted by Crippen LogP contribution is -2.40. The predicted octanol–water partition coefficient (Wildman–Crippen LogP) is 2.37. The molecule has 3 rings (SSSR count). The van der Waals surface area contributed by atoms with E-state index in [-0.39, 0.29) is 42.6 Å². The molecule has 148 valence electrons. The number of ether oxygens (including phenoxy) is 1. The SMILES string of the molecule is Cc1ccc(/C=N/Nc2ccc([N+](=O)[O-])cc2S(=O)(=O)N2CCOCC2)cc1. The van der Waals surface area contributed by atoms with E-state index in [9.17, 15) is 18.5 Å². The zero-order valence-corrected chi connectivity index (χ0v) is 16.1. The molecular formula is C18H20N4O5S. The number of nitro groups is 1. The van der Waals surface area contributed by atoms with Crippen LogP contribution in [0.15, 0.2) is 52.5 Å². The van der Waals surface area contributed by atoms with Gasteiger partial charge in [-0.3, -0.25) is 15.5 Å². The Labute approximate surface area is 162 Å². The first-order valence-corrected chi connectivity index (χ1v) is 10.0. The largest absolute Gasteiger partial charge is 0.379 e. The Morgan fingerprint density at radius 3 is 2.50 bits per heavy atom. The van der Waals surface area contributed by atoms with Crippen LogP contribution in [0.1, 0.15) is 11.1 Å². The molecule has 1 aliphatic heterocycles. The van der Waals surface area contributed by atoms with Gasteiger partial charge in [0.1, 0.15) is 4.90 Å². The van der Waals surface area contributed by atoms with Crippen molar-refractivity contribution in [1.82, 2.24) is 4.31 Å². The summed E-state index contributed by atoms with van der Waals surface area (Å²) in [5.74, 6) is 0. The maximum atomic E-state index is 13.0. The molecular weight excluding hydrogens is 384 g/mol. The highest BCUT2D eigenvalue weighted by Gasteiger charge is 2.30. The smallest absolute Gasteiger partial charge is 0.270 e. The third-order valence-electron chi connectivity index (χ3n) is 4.24. The molecule has 1 aliphatic rings. The molecule has 0 bridgehead atoms. The third-order valence-corrected chi connectivity index (χ3v) is 6.18. The van der Waals surface area contributed by atoms with Crippen LogP contribution in [0.4, 0.5) is 11.4 Å². The van der Waals surface area contributed by atoms with E-state index in [1.54, 1.807) is 6.21 Å². The molecule has 9 nitrogen and oxygen atoms in total. The van der Waals surface area contributed by atoms with Gasteiger partial charge in [-0.1, -0.05) is 29.8 Å². The summed E-state index contributed by atoms with van der Waals surface area (Å²) in [5, 5.41) is 15.2. The average molecular weight is 404 g/mol. The summed E-state index contributed by atoms with van der Waals surface area (Å²) in [7, 11) is -3.94. The fourth-order valence-electron chi connectivity index (χ4n) is 2.69. The molecule has 28 heavy (non-hydrogen) atoms. The molecule has 1 heterocycles. The van der Waals surface area contributed by atoms with Gasteiger partial charge in [0.05, 0.1) is 30.0 Å². The van der Waals surface area contributed by atoms with Crippen molar-refractivity contribution < 1.29 is 18.1 Å². The molecule has 0 spiro atoms. The summed E-state index contributed by atoms with van der Waals surface area (Å²) >= 11 is 0. The fraction of sp³-hybridized carbons (Fsp3) is 0.278. The first kappa shape index (κ1) is 19.9. The topological polar surface area (TPSA) is 114 Å². The lowest BCUT2D eigenvalue weighted by Gasteiger charge is -2.26. The molecule has 0 unspecified atom stereocenters. The summed E-state index contributed by atoms with van der Waals surface area (Å²) < 4.78 is 32.5. The first-order chi connectivity index (χ1) is 13.4. The zero-order chi connectivity index (χ0) is 20.1. The molecule has 0 amide bonds. The van der Waals surface area contributed by atoms with Gasteiger partial charge in [0.25, 0.3) is 5.69 Å². The van der Waals surface area contributed by atoms with Crippen molar-refractivity contribution in [3.05, 3.63) is 63.7 Å². The number of aryl methyl sites for hydroxylation is 1. The van der Waals surface area contributed by atoms with Crippen LogP contribution in [0.25, 0.3) is 0 Å². The van der Waals surface area contributed by atoms with Crippen molar-refractivity contribution in [3.63, 3.8) is 0 Å². The van der Waals surface area contributed by atoms with Crippen LogP contribution in [0.2, 0.25) is 0 Å². The molecule has 2 aromatic carbocycles. The van der Waals surface area contributed by atoms with Crippen molar-refractivity contribution in [1.29, 1.82) is 0 Å². The number of nitrogens with one attached hydrogen (secondary N) is 1. The van der Waals surface area contributed by atoms with E-state index < -0.39 is 14.9 Å². The highest BCUT2D eigenvalue weighted by molar-refractivity contribution is 7.89. The van der Waals surface area contributed by atoms with E-state index in [2.05, 4.69) is 10.5 Å². The minimum Gasteiger partial charge on any atom is -0.379 e. The van der Waals surface area contributed by atoms with Crippen molar-refractivity contribution in [2.24, 2.45) is 5.10 Å². The number of hydrogen-bond acceptors (Lipinski definition) is 7. The van der Waals surface area contributed by atoms with Crippen molar-refractivity contribution in [2.45, 2.75) is 11.8 Å². The average Bonchev–Trinajstić information content (AvgIpc) is 2.70. The van der Waals surface area contributed by atoms with Crippen molar-refractivity contribution >= 4 is 27.6 Å². The Balaban J connectivity index is 1.91. The van der Waals surface area contributed by atoms with Gasteiger partial charge in [0.15, 0.2) is 0 Å². The van der Waals surface area contributed by atoms with E-state index in [0.717, 1.165) is 17.2 Å². The molecule has 2 aromatic rings. The lowest BCUT2D eigenvalue weighted by molar-refractivity contribution is -0.385. The quantitative estimate of drug-likeness (QED) is 0.449. The monoisotopic (exact) mass is 404 g/mol. The van der Waals surface area contributed by atoms with E-state index in [0.29, 0.717) is 0 Å². The highest BCUT2D eigenvalue weighted by Crippen LogP contribution is 2.29. The highest BCUT2D eigenvalue weighted by atomic mass is 32.2.